The first-order valence-electron chi connectivity index (χ1n) is 6.82. The average molecular weight is 333 g/mol. The average Bonchev–Trinajstić information content (AvgIpc) is 2.37. The quantitative estimate of drug-likeness (QED) is 0.671. The maximum Gasteiger partial charge on any atom is 0.0451 e. The predicted molar refractivity (Wildman–Crippen MR) is 84.2 cm³/mol. The zero-order chi connectivity index (χ0) is 13.4. The minimum absolute atomic E-state index is 0.788. The zero-order valence-corrected chi connectivity index (χ0v) is 13.6. The van der Waals surface area contributed by atoms with E-state index in [1.807, 2.05) is 12.1 Å². The van der Waals surface area contributed by atoms with Crippen LogP contribution in [0.1, 0.15) is 45.1 Å². The molecule has 1 N–H and O–H groups in total. The number of halogens is 2. The van der Waals surface area contributed by atoms with Crippen molar-refractivity contribution < 1.29 is 0 Å². The Kier molecular flexibility index (Phi) is 7.96. The molecule has 1 aromatic rings. The van der Waals surface area contributed by atoms with E-state index < -0.39 is 0 Å². The van der Waals surface area contributed by atoms with Crippen molar-refractivity contribution in [2.24, 2.45) is 5.92 Å². The van der Waals surface area contributed by atoms with E-state index in [1.165, 1.54) is 25.7 Å². The highest BCUT2D eigenvalue weighted by Gasteiger charge is 2.06. The van der Waals surface area contributed by atoms with Crippen LogP contribution in [-0.2, 0) is 6.54 Å². The molecule has 3 heteroatoms. The van der Waals surface area contributed by atoms with Crippen LogP contribution >= 0.6 is 27.5 Å². The van der Waals surface area contributed by atoms with Crippen molar-refractivity contribution in [2.45, 2.75) is 46.1 Å². The number of nitrogens with one attached hydrogen (secondary N) is 1. The van der Waals surface area contributed by atoms with E-state index in [0.29, 0.717) is 0 Å². The van der Waals surface area contributed by atoms with Crippen LogP contribution in [0.15, 0.2) is 22.7 Å². The van der Waals surface area contributed by atoms with Crippen LogP contribution in [0.5, 0.6) is 0 Å². The fraction of sp³-hybridized carbons (Fsp3) is 0.600. The number of rotatable bonds is 8. The Bertz CT molecular complexity index is 354. The molecular weight excluding hydrogens is 310 g/mol. The van der Waals surface area contributed by atoms with Crippen molar-refractivity contribution >= 4 is 27.5 Å². The van der Waals surface area contributed by atoms with Gasteiger partial charge in [-0.1, -0.05) is 60.6 Å². The van der Waals surface area contributed by atoms with Gasteiger partial charge in [0.25, 0.3) is 0 Å². The molecule has 0 fully saturated rings. The van der Waals surface area contributed by atoms with Crippen LogP contribution in [0.3, 0.4) is 0 Å². The normalized spacial score (nSPS) is 12.7. The Labute approximate surface area is 124 Å². The fourth-order valence-corrected chi connectivity index (χ4v) is 2.63. The molecule has 1 atom stereocenters. The molecule has 102 valence electrons. The fourth-order valence-electron chi connectivity index (χ4n) is 2.03. The van der Waals surface area contributed by atoms with E-state index in [4.69, 9.17) is 11.6 Å². The molecule has 0 amide bonds. The van der Waals surface area contributed by atoms with Crippen molar-refractivity contribution in [3.8, 4) is 0 Å². The molecule has 0 heterocycles. The molecule has 0 aromatic heterocycles. The Balaban J connectivity index is 2.37. The van der Waals surface area contributed by atoms with E-state index >= 15 is 0 Å². The number of benzene rings is 1. The van der Waals surface area contributed by atoms with Crippen molar-refractivity contribution in [3.05, 3.63) is 33.3 Å². The van der Waals surface area contributed by atoms with Crippen LogP contribution in [0, 0.1) is 5.92 Å². The zero-order valence-electron chi connectivity index (χ0n) is 11.3. The summed E-state index contributed by atoms with van der Waals surface area (Å²) in [6, 6.07) is 6.00. The number of unbranched alkanes of at least 4 members (excludes halogenated alkanes) is 1. The van der Waals surface area contributed by atoms with Gasteiger partial charge in [0, 0.05) is 16.0 Å². The highest BCUT2D eigenvalue weighted by atomic mass is 79.9. The topological polar surface area (TPSA) is 12.0 Å². The molecule has 0 aliphatic rings. The van der Waals surface area contributed by atoms with Gasteiger partial charge in [-0.2, -0.15) is 0 Å². The smallest absolute Gasteiger partial charge is 0.0451 e. The van der Waals surface area contributed by atoms with Gasteiger partial charge in [-0.3, -0.25) is 0 Å². The lowest BCUT2D eigenvalue weighted by molar-refractivity contribution is 0.419. The van der Waals surface area contributed by atoms with E-state index in [2.05, 4.69) is 41.2 Å². The first kappa shape index (κ1) is 16.0. The van der Waals surface area contributed by atoms with E-state index in [-0.39, 0.29) is 0 Å². The van der Waals surface area contributed by atoms with Crippen molar-refractivity contribution in [1.29, 1.82) is 0 Å². The van der Waals surface area contributed by atoms with Gasteiger partial charge in [-0.05, 0) is 42.6 Å². The van der Waals surface area contributed by atoms with Crippen LogP contribution in [-0.4, -0.2) is 6.54 Å². The first-order chi connectivity index (χ1) is 8.67. The van der Waals surface area contributed by atoms with Crippen molar-refractivity contribution in [1.82, 2.24) is 5.32 Å². The third kappa shape index (κ3) is 5.73. The Hall–Kier alpha value is -0.0500. The van der Waals surface area contributed by atoms with Crippen LogP contribution in [0.2, 0.25) is 5.02 Å². The summed E-state index contributed by atoms with van der Waals surface area (Å²) >= 11 is 9.65. The molecule has 0 saturated carbocycles. The number of hydrogen-bond acceptors (Lipinski definition) is 1. The van der Waals surface area contributed by atoms with Gasteiger partial charge in [-0.15, -0.1) is 0 Å². The molecular formula is C15H23BrClN. The van der Waals surface area contributed by atoms with Gasteiger partial charge in [0.2, 0.25) is 0 Å². The second-order valence-corrected chi connectivity index (χ2v) is 6.11. The summed E-state index contributed by atoms with van der Waals surface area (Å²) in [6.07, 6.45) is 5.19. The van der Waals surface area contributed by atoms with Gasteiger partial charge >= 0.3 is 0 Å². The lowest BCUT2D eigenvalue weighted by Gasteiger charge is -2.15. The molecule has 0 spiro atoms. The minimum Gasteiger partial charge on any atom is -0.312 e. The van der Waals surface area contributed by atoms with Gasteiger partial charge in [-0.25, -0.2) is 0 Å². The molecule has 1 rings (SSSR count). The molecule has 0 bridgehead atoms. The molecule has 0 saturated heterocycles. The maximum atomic E-state index is 6.17. The highest BCUT2D eigenvalue weighted by molar-refractivity contribution is 9.10. The summed E-state index contributed by atoms with van der Waals surface area (Å²) in [7, 11) is 0. The van der Waals surface area contributed by atoms with E-state index in [0.717, 1.165) is 34.1 Å². The van der Waals surface area contributed by atoms with Gasteiger partial charge in [0.1, 0.15) is 0 Å². The van der Waals surface area contributed by atoms with Crippen molar-refractivity contribution in [3.63, 3.8) is 0 Å². The van der Waals surface area contributed by atoms with Crippen LogP contribution < -0.4 is 5.32 Å². The van der Waals surface area contributed by atoms with Crippen LogP contribution in [0.25, 0.3) is 0 Å². The Morgan fingerprint density at radius 3 is 2.78 bits per heavy atom. The van der Waals surface area contributed by atoms with Crippen LogP contribution in [0.4, 0.5) is 0 Å². The molecule has 1 aromatic carbocycles. The SMILES string of the molecule is CCCCC(CC)CNCc1cc(Br)ccc1Cl. The highest BCUT2D eigenvalue weighted by Crippen LogP contribution is 2.21. The first-order valence-corrected chi connectivity index (χ1v) is 7.99. The summed E-state index contributed by atoms with van der Waals surface area (Å²) in [5, 5.41) is 4.36. The summed E-state index contributed by atoms with van der Waals surface area (Å²) in [4.78, 5) is 0. The van der Waals surface area contributed by atoms with Crippen molar-refractivity contribution in [2.75, 3.05) is 6.54 Å². The summed E-state index contributed by atoms with van der Waals surface area (Å²) < 4.78 is 1.08. The lowest BCUT2D eigenvalue weighted by atomic mass is 9.99. The molecule has 18 heavy (non-hydrogen) atoms. The molecule has 0 radical (unpaired) electrons. The van der Waals surface area contributed by atoms with Gasteiger partial charge in [0.05, 0.1) is 0 Å². The Morgan fingerprint density at radius 2 is 2.11 bits per heavy atom. The summed E-state index contributed by atoms with van der Waals surface area (Å²) in [5.41, 5.74) is 1.16. The lowest BCUT2D eigenvalue weighted by Crippen LogP contribution is -2.22. The van der Waals surface area contributed by atoms with E-state index in [1.54, 1.807) is 0 Å². The minimum atomic E-state index is 0.788. The third-order valence-electron chi connectivity index (χ3n) is 3.30. The molecule has 0 aliphatic heterocycles. The largest absolute Gasteiger partial charge is 0.312 e. The van der Waals surface area contributed by atoms with Gasteiger partial charge < -0.3 is 5.32 Å². The third-order valence-corrected chi connectivity index (χ3v) is 4.16. The Morgan fingerprint density at radius 1 is 1.33 bits per heavy atom. The summed E-state index contributed by atoms with van der Waals surface area (Å²) in [5.74, 6) is 0.788. The summed E-state index contributed by atoms with van der Waals surface area (Å²) in [6.45, 7) is 6.45. The molecule has 1 nitrogen and oxygen atoms in total. The maximum absolute atomic E-state index is 6.17. The van der Waals surface area contributed by atoms with E-state index in [9.17, 15) is 0 Å². The second-order valence-electron chi connectivity index (χ2n) is 4.78. The number of hydrogen-bond donors (Lipinski definition) is 1. The van der Waals surface area contributed by atoms with Gasteiger partial charge in [0.15, 0.2) is 0 Å². The monoisotopic (exact) mass is 331 g/mol. The molecule has 0 aliphatic carbocycles. The predicted octanol–water partition coefficient (Wildman–Crippen LogP) is 5.41. The molecule has 1 unspecified atom stereocenters. The second kappa shape index (κ2) is 8.95. The standard InChI is InChI=1S/C15H23BrClN/c1-3-5-6-12(4-2)10-18-11-13-9-14(16)7-8-15(13)17/h7-9,12,18H,3-6,10-11H2,1-2H3.